The first kappa shape index (κ1) is 17.9. The van der Waals surface area contributed by atoms with Crippen LogP contribution in [0.5, 0.6) is 0 Å². The molecule has 1 aromatic carbocycles. The molecule has 2 N–H and O–H groups in total. The molecule has 1 fully saturated rings. The summed E-state index contributed by atoms with van der Waals surface area (Å²) < 4.78 is 29.8. The van der Waals surface area contributed by atoms with Crippen LogP contribution in [0, 0.1) is 0 Å². The van der Waals surface area contributed by atoms with Gasteiger partial charge in [0.1, 0.15) is 10.3 Å². The smallest absolute Gasteiger partial charge is 0.422 e. The molecule has 136 valence electrons. The van der Waals surface area contributed by atoms with Crippen molar-refractivity contribution >= 4 is 22.2 Å². The van der Waals surface area contributed by atoms with Crippen molar-refractivity contribution in [3.8, 4) is 0 Å². The second-order valence-corrected chi connectivity index (χ2v) is 9.67. The number of sulfonamides is 1. The number of hydrogen-bond acceptors (Lipinski definition) is 4. The topological polar surface area (TPSA) is 84.5 Å². The quantitative estimate of drug-likeness (QED) is 0.804. The summed E-state index contributed by atoms with van der Waals surface area (Å²) >= 11 is 0. The number of carbonyl (C=O) groups excluding carboxylic acids is 1. The Morgan fingerprint density at radius 1 is 1.24 bits per heavy atom. The molecule has 0 aliphatic heterocycles. The van der Waals surface area contributed by atoms with E-state index in [0.717, 1.165) is 16.7 Å². The van der Waals surface area contributed by atoms with Gasteiger partial charge in [0.05, 0.1) is 0 Å². The molecule has 1 unspecified atom stereocenters. The summed E-state index contributed by atoms with van der Waals surface area (Å²) in [4.78, 5) is 14.0. The first-order valence-corrected chi connectivity index (χ1v) is 9.85. The molecule has 1 saturated carbocycles. The lowest BCUT2D eigenvalue weighted by Crippen LogP contribution is -2.49. The third kappa shape index (κ3) is 3.30. The van der Waals surface area contributed by atoms with Crippen LogP contribution in [0.1, 0.15) is 57.6 Å². The summed E-state index contributed by atoms with van der Waals surface area (Å²) in [6.45, 7) is 7.16. The highest BCUT2D eigenvalue weighted by molar-refractivity contribution is 7.91. The van der Waals surface area contributed by atoms with Gasteiger partial charge in [-0.25, -0.2) is 18.6 Å². The third-order valence-corrected chi connectivity index (χ3v) is 6.71. The number of rotatable bonds is 4. The van der Waals surface area contributed by atoms with Crippen molar-refractivity contribution in [3.05, 3.63) is 41.0 Å². The van der Waals surface area contributed by atoms with Crippen LogP contribution in [0.2, 0.25) is 0 Å². The molecule has 6 nitrogen and oxygen atoms in total. The first-order chi connectivity index (χ1) is 11.6. The molecule has 1 aromatic rings. The maximum atomic E-state index is 12.8. The predicted molar refractivity (Wildman–Crippen MR) is 96.2 cm³/mol. The summed E-state index contributed by atoms with van der Waals surface area (Å²) in [5, 5.41) is 0. The normalized spacial score (nSPS) is 21.3. The second kappa shape index (κ2) is 5.85. The maximum Gasteiger partial charge on any atom is 0.422 e. The molecule has 0 radical (unpaired) electrons. The highest BCUT2D eigenvalue weighted by Crippen LogP contribution is 2.56. The lowest BCUT2D eigenvalue weighted by Gasteiger charge is -2.24. The van der Waals surface area contributed by atoms with Crippen LogP contribution in [-0.2, 0) is 14.8 Å². The lowest BCUT2D eigenvalue weighted by molar-refractivity contribution is 0.0515. The monoisotopic (exact) mass is 364 g/mol. The molecule has 0 bridgehead atoms. The van der Waals surface area contributed by atoms with Crippen molar-refractivity contribution in [2.75, 3.05) is 0 Å². The fourth-order valence-electron chi connectivity index (χ4n) is 3.36. The molecule has 0 saturated heterocycles. The lowest BCUT2D eigenvalue weighted by atomic mass is 9.95. The summed E-state index contributed by atoms with van der Waals surface area (Å²) in [5.74, 6) is 0.0387. The maximum absolute atomic E-state index is 12.8. The summed E-state index contributed by atoms with van der Waals surface area (Å²) in [7, 11) is -3.76. The molecule has 1 atom stereocenters. The number of nitrogens with one attached hydrogen (secondary N) is 2. The van der Waals surface area contributed by atoms with E-state index in [4.69, 9.17) is 4.74 Å². The molecule has 0 spiro atoms. The number of fused-ring (bicyclic) bond motifs is 1. The Bertz CT molecular complexity index is 833. The third-order valence-electron chi connectivity index (χ3n) is 4.67. The van der Waals surface area contributed by atoms with Gasteiger partial charge in [0.2, 0.25) is 10.0 Å². The molecule has 7 heteroatoms. The Kier molecular flexibility index (Phi) is 4.20. The molecular weight excluding hydrogens is 340 g/mol. The van der Waals surface area contributed by atoms with Crippen molar-refractivity contribution in [3.63, 3.8) is 0 Å². The number of benzene rings is 1. The average Bonchev–Trinajstić information content (AvgIpc) is 3.25. The second-order valence-electron chi connectivity index (χ2n) is 7.68. The van der Waals surface area contributed by atoms with Crippen molar-refractivity contribution in [1.29, 1.82) is 0 Å². The van der Waals surface area contributed by atoms with Crippen LogP contribution in [-0.4, -0.2) is 24.9 Å². The Labute approximate surface area is 148 Å². The van der Waals surface area contributed by atoms with E-state index in [0.29, 0.717) is 12.8 Å². The van der Waals surface area contributed by atoms with Gasteiger partial charge in [-0.2, -0.15) is 0 Å². The predicted octanol–water partition coefficient (Wildman–Crippen LogP) is 3.08. The van der Waals surface area contributed by atoms with Gasteiger partial charge in [0.15, 0.2) is 0 Å². The number of carbonyl (C=O) groups is 1. The van der Waals surface area contributed by atoms with Gasteiger partial charge in [-0.1, -0.05) is 37.3 Å². The zero-order valence-corrected chi connectivity index (χ0v) is 15.7. The van der Waals surface area contributed by atoms with E-state index >= 15 is 0 Å². The Morgan fingerprint density at radius 2 is 1.88 bits per heavy atom. The highest BCUT2D eigenvalue weighted by Gasteiger charge is 2.59. The van der Waals surface area contributed by atoms with E-state index in [9.17, 15) is 13.2 Å². The van der Waals surface area contributed by atoms with Gasteiger partial charge >= 0.3 is 6.09 Å². The Hall–Kier alpha value is -1.86. The number of hydrazine groups is 1. The van der Waals surface area contributed by atoms with Crippen LogP contribution in [0.3, 0.4) is 0 Å². The minimum absolute atomic E-state index is 0.0387. The minimum Gasteiger partial charge on any atom is -0.443 e. The van der Waals surface area contributed by atoms with Crippen LogP contribution >= 0.6 is 0 Å². The van der Waals surface area contributed by atoms with E-state index in [2.05, 4.69) is 10.3 Å². The SMILES string of the molecule is CC1C(C2(S(=O)(=O)NNC(=O)OC(C)(C)C)CC2)=Cc2ccccc21. The van der Waals surface area contributed by atoms with E-state index in [1.807, 2.05) is 37.3 Å². The highest BCUT2D eigenvalue weighted by atomic mass is 32.2. The Morgan fingerprint density at radius 3 is 2.44 bits per heavy atom. The van der Waals surface area contributed by atoms with Gasteiger partial charge in [-0.05, 0) is 50.3 Å². The zero-order valence-electron chi connectivity index (χ0n) is 14.9. The average molecular weight is 364 g/mol. The first-order valence-electron chi connectivity index (χ1n) is 8.37. The zero-order chi connectivity index (χ0) is 18.5. The van der Waals surface area contributed by atoms with E-state index in [1.54, 1.807) is 20.8 Å². The molecule has 1 amide bonds. The molecule has 25 heavy (non-hydrogen) atoms. The summed E-state index contributed by atoms with van der Waals surface area (Å²) in [5.41, 5.74) is 4.54. The molecular formula is C18H24N2O4S. The van der Waals surface area contributed by atoms with Crippen LogP contribution < -0.4 is 10.3 Å². The van der Waals surface area contributed by atoms with Crippen LogP contribution in [0.15, 0.2) is 29.8 Å². The number of hydrogen-bond donors (Lipinski definition) is 2. The van der Waals surface area contributed by atoms with Crippen molar-refractivity contribution in [2.45, 2.75) is 56.8 Å². The van der Waals surface area contributed by atoms with Crippen LogP contribution in [0.4, 0.5) is 4.79 Å². The molecule has 0 heterocycles. The summed E-state index contributed by atoms with van der Waals surface area (Å²) in [6, 6.07) is 7.93. The fraction of sp³-hybridized carbons (Fsp3) is 0.500. The van der Waals surface area contributed by atoms with Gasteiger partial charge in [0.25, 0.3) is 0 Å². The van der Waals surface area contributed by atoms with E-state index in [1.165, 1.54) is 0 Å². The van der Waals surface area contributed by atoms with E-state index in [-0.39, 0.29) is 5.92 Å². The van der Waals surface area contributed by atoms with Crippen molar-refractivity contribution in [1.82, 2.24) is 10.3 Å². The molecule has 2 aliphatic carbocycles. The van der Waals surface area contributed by atoms with Crippen molar-refractivity contribution < 1.29 is 17.9 Å². The standard InChI is InChI=1S/C18H24N2O4S/c1-12-14-8-6-5-7-13(14)11-15(12)18(9-10-18)25(22,23)20-19-16(21)24-17(2,3)4/h5-8,11-12,20H,9-10H2,1-4H3,(H,19,21). The van der Waals surface area contributed by atoms with E-state index < -0.39 is 26.5 Å². The summed E-state index contributed by atoms with van der Waals surface area (Å²) in [6.07, 6.45) is 2.24. The van der Waals surface area contributed by atoms with Crippen LogP contribution in [0.25, 0.3) is 6.08 Å². The molecule has 3 rings (SSSR count). The van der Waals surface area contributed by atoms with Gasteiger partial charge in [0, 0.05) is 5.92 Å². The van der Waals surface area contributed by atoms with Gasteiger partial charge < -0.3 is 4.74 Å². The van der Waals surface area contributed by atoms with Gasteiger partial charge in [-0.15, -0.1) is 4.83 Å². The van der Waals surface area contributed by atoms with Crippen molar-refractivity contribution in [2.24, 2.45) is 0 Å². The molecule has 0 aromatic heterocycles. The molecule has 2 aliphatic rings. The van der Waals surface area contributed by atoms with Gasteiger partial charge in [-0.3, -0.25) is 0 Å². The Balaban J connectivity index is 1.76. The largest absolute Gasteiger partial charge is 0.443 e. The number of ether oxygens (including phenoxy) is 1. The minimum atomic E-state index is -3.76. The fourth-order valence-corrected chi connectivity index (χ4v) is 4.96. The number of amides is 1.